The van der Waals surface area contributed by atoms with Crippen LogP contribution in [0.5, 0.6) is 0 Å². The lowest BCUT2D eigenvalue weighted by Crippen LogP contribution is -2.57. The topological polar surface area (TPSA) is 59.1 Å². The van der Waals surface area contributed by atoms with Crippen LogP contribution in [0, 0.1) is 0 Å². The molecule has 6 heteroatoms. The van der Waals surface area contributed by atoms with Gasteiger partial charge in [0.25, 0.3) is 0 Å². The van der Waals surface area contributed by atoms with Gasteiger partial charge in [-0.25, -0.2) is 0 Å². The first kappa shape index (κ1) is 14.1. The Balaban J connectivity index is 1.63. The standard InChI is InChI=1S/C14H22N2O4/c17-13-10-12(16-3-7-20-8-4-16)14(18)9-11(13)15-1-5-19-6-2-15/h11-12H,1-10H2/t11-,12-/m1/s1. The Hall–Kier alpha value is -0.820. The number of Topliss-reactive ketones (excluding diaryl/α,β-unsaturated/α-hetero) is 2. The molecule has 0 amide bonds. The number of hydrogen-bond donors (Lipinski definition) is 0. The molecule has 3 aliphatic rings. The van der Waals surface area contributed by atoms with E-state index in [0.29, 0.717) is 39.3 Å². The van der Waals surface area contributed by atoms with Gasteiger partial charge in [0.05, 0.1) is 38.5 Å². The molecule has 1 aliphatic carbocycles. The molecule has 6 nitrogen and oxygen atoms in total. The SMILES string of the molecule is O=C1C[C@@H](N2CCOCC2)C(=O)C[C@H]1N1CCOCC1. The minimum Gasteiger partial charge on any atom is -0.379 e. The first-order valence-electron chi connectivity index (χ1n) is 7.45. The maximum Gasteiger partial charge on any atom is 0.152 e. The third-order valence-electron chi connectivity index (χ3n) is 4.51. The predicted octanol–water partition coefficient (Wildman–Crippen LogP) is -0.680. The van der Waals surface area contributed by atoms with Gasteiger partial charge >= 0.3 is 0 Å². The summed E-state index contributed by atoms with van der Waals surface area (Å²) in [5.74, 6) is 0.422. The van der Waals surface area contributed by atoms with Crippen LogP contribution in [0.3, 0.4) is 0 Å². The van der Waals surface area contributed by atoms with Crippen LogP contribution in [0.15, 0.2) is 0 Å². The number of carbonyl (C=O) groups excluding carboxylic acids is 2. The second kappa shape index (κ2) is 6.30. The van der Waals surface area contributed by atoms with Gasteiger partial charge in [-0.15, -0.1) is 0 Å². The molecule has 2 atom stereocenters. The maximum atomic E-state index is 12.4. The summed E-state index contributed by atoms with van der Waals surface area (Å²) in [6, 6.07) is -0.438. The largest absolute Gasteiger partial charge is 0.379 e. The van der Waals surface area contributed by atoms with Gasteiger partial charge < -0.3 is 9.47 Å². The molecule has 0 bridgehead atoms. The summed E-state index contributed by atoms with van der Waals surface area (Å²) in [6.45, 7) is 5.65. The van der Waals surface area contributed by atoms with Crippen molar-refractivity contribution in [2.24, 2.45) is 0 Å². The number of nitrogens with zero attached hydrogens (tertiary/aromatic N) is 2. The van der Waals surface area contributed by atoms with E-state index in [0.717, 1.165) is 26.2 Å². The third kappa shape index (κ3) is 2.93. The normalized spacial score (nSPS) is 34.4. The molecule has 0 aromatic rings. The third-order valence-corrected chi connectivity index (χ3v) is 4.51. The van der Waals surface area contributed by atoms with Crippen molar-refractivity contribution in [3.05, 3.63) is 0 Å². The lowest BCUT2D eigenvalue weighted by molar-refractivity contribution is -0.142. The van der Waals surface area contributed by atoms with Crippen molar-refractivity contribution in [3.8, 4) is 0 Å². The molecular formula is C14H22N2O4. The van der Waals surface area contributed by atoms with Crippen LogP contribution in [0.4, 0.5) is 0 Å². The van der Waals surface area contributed by atoms with Crippen LogP contribution >= 0.6 is 0 Å². The minimum atomic E-state index is -0.219. The first-order chi connectivity index (χ1) is 9.75. The fourth-order valence-electron chi connectivity index (χ4n) is 3.32. The van der Waals surface area contributed by atoms with E-state index in [4.69, 9.17) is 9.47 Å². The molecule has 3 rings (SSSR count). The quantitative estimate of drug-likeness (QED) is 0.669. The molecular weight excluding hydrogens is 260 g/mol. The molecule has 112 valence electrons. The number of carbonyl (C=O) groups is 2. The summed E-state index contributed by atoms with van der Waals surface area (Å²) in [5.41, 5.74) is 0. The molecule has 2 heterocycles. The number of morpholine rings is 2. The van der Waals surface area contributed by atoms with Crippen molar-refractivity contribution in [2.45, 2.75) is 24.9 Å². The zero-order valence-corrected chi connectivity index (χ0v) is 11.8. The van der Waals surface area contributed by atoms with E-state index in [1.807, 2.05) is 0 Å². The molecule has 0 N–H and O–H groups in total. The number of ether oxygens (including phenoxy) is 2. The molecule has 3 fully saturated rings. The predicted molar refractivity (Wildman–Crippen MR) is 71.6 cm³/mol. The van der Waals surface area contributed by atoms with Crippen LogP contribution in [0.25, 0.3) is 0 Å². The van der Waals surface area contributed by atoms with Crippen molar-refractivity contribution >= 4 is 11.6 Å². The van der Waals surface area contributed by atoms with E-state index >= 15 is 0 Å². The average Bonchev–Trinajstić information content (AvgIpc) is 2.51. The van der Waals surface area contributed by atoms with Gasteiger partial charge in [0.2, 0.25) is 0 Å². The van der Waals surface area contributed by atoms with E-state index in [1.54, 1.807) is 0 Å². The van der Waals surface area contributed by atoms with E-state index in [-0.39, 0.29) is 23.7 Å². The van der Waals surface area contributed by atoms with E-state index in [2.05, 4.69) is 9.80 Å². The van der Waals surface area contributed by atoms with Crippen LogP contribution in [0.1, 0.15) is 12.8 Å². The minimum absolute atomic E-state index is 0.211. The summed E-state index contributed by atoms with van der Waals surface area (Å²) in [7, 11) is 0. The maximum absolute atomic E-state index is 12.4. The Morgan fingerprint density at radius 1 is 0.700 bits per heavy atom. The van der Waals surface area contributed by atoms with Gasteiger partial charge in [-0.05, 0) is 0 Å². The average molecular weight is 282 g/mol. The summed E-state index contributed by atoms with van der Waals surface area (Å²) in [4.78, 5) is 29.0. The van der Waals surface area contributed by atoms with Crippen molar-refractivity contribution in [3.63, 3.8) is 0 Å². The van der Waals surface area contributed by atoms with Crippen molar-refractivity contribution < 1.29 is 19.1 Å². The van der Waals surface area contributed by atoms with Crippen molar-refractivity contribution in [2.75, 3.05) is 52.6 Å². The molecule has 0 spiro atoms. The highest BCUT2D eigenvalue weighted by Gasteiger charge is 2.40. The second-order valence-electron chi connectivity index (χ2n) is 5.67. The van der Waals surface area contributed by atoms with Gasteiger partial charge in [-0.2, -0.15) is 0 Å². The lowest BCUT2D eigenvalue weighted by Gasteiger charge is -2.40. The molecule has 0 radical (unpaired) electrons. The van der Waals surface area contributed by atoms with Crippen molar-refractivity contribution in [1.29, 1.82) is 0 Å². The van der Waals surface area contributed by atoms with Gasteiger partial charge in [0.15, 0.2) is 11.6 Å². The Bertz CT molecular complexity index is 339. The second-order valence-corrected chi connectivity index (χ2v) is 5.67. The van der Waals surface area contributed by atoms with Gasteiger partial charge in [-0.3, -0.25) is 19.4 Å². The van der Waals surface area contributed by atoms with E-state index < -0.39 is 0 Å². The molecule has 0 aromatic carbocycles. The monoisotopic (exact) mass is 282 g/mol. The van der Waals surface area contributed by atoms with E-state index in [9.17, 15) is 9.59 Å². The van der Waals surface area contributed by atoms with Gasteiger partial charge in [0.1, 0.15) is 0 Å². The fourth-order valence-corrected chi connectivity index (χ4v) is 3.32. The zero-order valence-electron chi connectivity index (χ0n) is 11.8. The lowest BCUT2D eigenvalue weighted by atomic mass is 9.86. The number of hydrogen-bond acceptors (Lipinski definition) is 6. The van der Waals surface area contributed by atoms with Gasteiger partial charge in [0, 0.05) is 39.0 Å². The fraction of sp³-hybridized carbons (Fsp3) is 0.857. The Morgan fingerprint density at radius 3 is 1.40 bits per heavy atom. The summed E-state index contributed by atoms with van der Waals surface area (Å²) in [6.07, 6.45) is 0.724. The summed E-state index contributed by atoms with van der Waals surface area (Å²) >= 11 is 0. The highest BCUT2D eigenvalue weighted by atomic mass is 16.5. The number of rotatable bonds is 2. The van der Waals surface area contributed by atoms with Crippen LogP contribution in [-0.2, 0) is 19.1 Å². The molecule has 1 saturated carbocycles. The summed E-state index contributed by atoms with van der Waals surface area (Å²) < 4.78 is 10.6. The molecule has 2 saturated heterocycles. The molecule has 2 aliphatic heterocycles. The zero-order chi connectivity index (χ0) is 13.9. The molecule has 20 heavy (non-hydrogen) atoms. The van der Waals surface area contributed by atoms with Crippen LogP contribution in [0.2, 0.25) is 0 Å². The van der Waals surface area contributed by atoms with Gasteiger partial charge in [-0.1, -0.05) is 0 Å². The highest BCUT2D eigenvalue weighted by molar-refractivity contribution is 6.00. The smallest absolute Gasteiger partial charge is 0.152 e. The highest BCUT2D eigenvalue weighted by Crippen LogP contribution is 2.23. The Morgan fingerprint density at radius 2 is 1.05 bits per heavy atom. The summed E-state index contributed by atoms with van der Waals surface area (Å²) in [5, 5.41) is 0. The first-order valence-corrected chi connectivity index (χ1v) is 7.45. The van der Waals surface area contributed by atoms with Crippen LogP contribution in [-0.4, -0.2) is 86.1 Å². The van der Waals surface area contributed by atoms with Crippen molar-refractivity contribution in [1.82, 2.24) is 9.80 Å². The molecule has 0 unspecified atom stereocenters. The van der Waals surface area contributed by atoms with E-state index in [1.165, 1.54) is 0 Å². The Kier molecular flexibility index (Phi) is 4.45. The number of ketones is 2. The van der Waals surface area contributed by atoms with Crippen LogP contribution < -0.4 is 0 Å². The Labute approximate surface area is 119 Å². The molecule has 0 aromatic heterocycles.